The molecular formula is C14H19N3O2. The monoisotopic (exact) mass is 261 g/mol. The molecule has 102 valence electrons. The van der Waals surface area contributed by atoms with Gasteiger partial charge in [0.05, 0.1) is 12.7 Å². The van der Waals surface area contributed by atoms with Gasteiger partial charge in [0.1, 0.15) is 0 Å². The molecule has 0 aliphatic rings. The van der Waals surface area contributed by atoms with Crippen LogP contribution < -0.4 is 5.73 Å². The van der Waals surface area contributed by atoms with Gasteiger partial charge in [0, 0.05) is 13.7 Å². The molecule has 0 heterocycles. The van der Waals surface area contributed by atoms with Crippen LogP contribution in [-0.2, 0) is 10.3 Å². The Morgan fingerprint density at radius 3 is 2.58 bits per heavy atom. The number of hydrogen-bond donors (Lipinski definition) is 1. The van der Waals surface area contributed by atoms with E-state index in [4.69, 9.17) is 10.5 Å². The molecule has 1 aromatic rings. The summed E-state index contributed by atoms with van der Waals surface area (Å²) in [6.07, 6.45) is 0.844. The largest absolute Gasteiger partial charge is 0.378 e. The van der Waals surface area contributed by atoms with Gasteiger partial charge in [-0.1, -0.05) is 37.3 Å². The number of nitrogens with zero attached hydrogens (tertiary/aromatic N) is 2. The van der Waals surface area contributed by atoms with Gasteiger partial charge in [0.25, 0.3) is 0 Å². The van der Waals surface area contributed by atoms with E-state index in [1.165, 1.54) is 11.9 Å². The van der Waals surface area contributed by atoms with Crippen molar-refractivity contribution >= 4 is 6.03 Å². The zero-order valence-electron chi connectivity index (χ0n) is 11.3. The maximum atomic E-state index is 11.5. The molecule has 0 radical (unpaired) electrons. The minimum Gasteiger partial charge on any atom is -0.378 e. The molecule has 0 unspecified atom stereocenters. The highest BCUT2D eigenvalue weighted by atomic mass is 16.5. The summed E-state index contributed by atoms with van der Waals surface area (Å²) in [6, 6.07) is 10.6. The molecule has 0 aliphatic carbocycles. The molecule has 5 nitrogen and oxygen atoms in total. The number of benzene rings is 1. The smallest absolute Gasteiger partial charge is 0.316 e. The van der Waals surface area contributed by atoms with Crippen LogP contribution in [0.2, 0.25) is 0 Å². The van der Waals surface area contributed by atoms with Gasteiger partial charge in [-0.05, 0) is 12.0 Å². The summed E-state index contributed by atoms with van der Waals surface area (Å²) >= 11 is 0. The average molecular weight is 261 g/mol. The van der Waals surface area contributed by atoms with Crippen LogP contribution in [0.5, 0.6) is 0 Å². The van der Waals surface area contributed by atoms with Crippen molar-refractivity contribution in [2.24, 2.45) is 5.73 Å². The lowest BCUT2D eigenvalue weighted by atomic mass is 9.90. The lowest BCUT2D eigenvalue weighted by Gasteiger charge is -2.35. The van der Waals surface area contributed by atoms with E-state index >= 15 is 0 Å². The van der Waals surface area contributed by atoms with E-state index in [0.717, 1.165) is 6.42 Å². The molecule has 0 saturated carbocycles. The van der Waals surface area contributed by atoms with Crippen molar-refractivity contribution in [1.29, 1.82) is 5.26 Å². The molecule has 1 aromatic carbocycles. The number of carbonyl (C=O) groups is 1. The number of rotatable bonds is 6. The molecular weight excluding hydrogens is 242 g/mol. The third-order valence-electron chi connectivity index (χ3n) is 3.00. The molecule has 19 heavy (non-hydrogen) atoms. The fraction of sp³-hybridized carbons (Fsp3) is 0.429. The van der Waals surface area contributed by atoms with E-state index in [2.05, 4.69) is 6.07 Å². The van der Waals surface area contributed by atoms with Gasteiger partial charge in [0.2, 0.25) is 0 Å². The van der Waals surface area contributed by atoms with Gasteiger partial charge in [-0.3, -0.25) is 0 Å². The number of carbonyl (C=O) groups excluding carboxylic acids is 1. The Kier molecular flexibility index (Phi) is 5.34. The summed E-state index contributed by atoms with van der Waals surface area (Å²) in [4.78, 5) is 12.7. The number of amides is 2. The number of ether oxygens (including phenoxy) is 1. The van der Waals surface area contributed by atoms with Crippen molar-refractivity contribution in [2.75, 3.05) is 20.3 Å². The van der Waals surface area contributed by atoms with Crippen LogP contribution in [0, 0.1) is 11.3 Å². The van der Waals surface area contributed by atoms with E-state index in [0.29, 0.717) is 12.2 Å². The maximum absolute atomic E-state index is 11.5. The molecule has 2 N–H and O–H groups in total. The van der Waals surface area contributed by atoms with Crippen LogP contribution in [-0.4, -0.2) is 31.2 Å². The van der Waals surface area contributed by atoms with Gasteiger partial charge in [-0.2, -0.15) is 5.26 Å². The van der Waals surface area contributed by atoms with Crippen LogP contribution in [0.25, 0.3) is 0 Å². The normalized spacial score (nSPS) is 13.3. The third-order valence-corrected chi connectivity index (χ3v) is 3.00. The summed E-state index contributed by atoms with van der Waals surface area (Å²) in [5, 5.41) is 9.57. The topological polar surface area (TPSA) is 79.3 Å². The van der Waals surface area contributed by atoms with E-state index in [-0.39, 0.29) is 6.61 Å². The fourth-order valence-electron chi connectivity index (χ4n) is 1.81. The van der Waals surface area contributed by atoms with Gasteiger partial charge in [0.15, 0.2) is 5.54 Å². The van der Waals surface area contributed by atoms with Crippen LogP contribution in [0.4, 0.5) is 4.79 Å². The molecule has 5 heteroatoms. The first-order chi connectivity index (χ1) is 9.08. The minimum absolute atomic E-state index is 0.0980. The summed E-state index contributed by atoms with van der Waals surface area (Å²) in [5.41, 5.74) is 4.82. The molecule has 0 aliphatic heterocycles. The Balaban J connectivity index is 3.15. The number of nitriles is 1. The first-order valence-corrected chi connectivity index (χ1v) is 6.16. The molecule has 0 saturated heterocycles. The number of hydrogen-bond acceptors (Lipinski definition) is 3. The Hall–Kier alpha value is -2.06. The molecule has 0 spiro atoms. The second kappa shape index (κ2) is 6.76. The van der Waals surface area contributed by atoms with Crippen molar-refractivity contribution in [3.8, 4) is 6.07 Å². The van der Waals surface area contributed by atoms with Gasteiger partial charge in [-0.25, -0.2) is 4.79 Å². The van der Waals surface area contributed by atoms with Crippen molar-refractivity contribution in [1.82, 2.24) is 4.90 Å². The predicted octanol–water partition coefficient (Wildman–Crippen LogP) is 1.84. The molecule has 0 fully saturated rings. The third kappa shape index (κ3) is 3.24. The molecule has 2 amide bonds. The van der Waals surface area contributed by atoms with Crippen LogP contribution in [0.15, 0.2) is 30.3 Å². The standard InChI is InChI=1S/C14H19N3O2/c1-3-9-19-11-14(10-15,17(2)13(16)18)12-7-5-4-6-8-12/h4-8H,3,9,11H2,1-2H3,(H2,16,18)/t14-/m0/s1. The number of urea groups is 1. The van der Waals surface area contributed by atoms with E-state index in [1.807, 2.05) is 25.1 Å². The quantitative estimate of drug-likeness (QED) is 0.793. The minimum atomic E-state index is -1.19. The molecule has 1 atom stereocenters. The van der Waals surface area contributed by atoms with Crippen molar-refractivity contribution < 1.29 is 9.53 Å². The lowest BCUT2D eigenvalue weighted by molar-refractivity contribution is 0.0496. The molecule has 0 aromatic heterocycles. The maximum Gasteiger partial charge on any atom is 0.316 e. The van der Waals surface area contributed by atoms with Crippen LogP contribution in [0.3, 0.4) is 0 Å². The van der Waals surface area contributed by atoms with Gasteiger partial charge in [-0.15, -0.1) is 0 Å². The SMILES string of the molecule is CCCOC[C@@](C#N)(c1ccccc1)N(C)C(N)=O. The summed E-state index contributed by atoms with van der Waals surface area (Å²) in [6.45, 7) is 2.61. The van der Waals surface area contributed by atoms with Gasteiger partial charge < -0.3 is 15.4 Å². The van der Waals surface area contributed by atoms with E-state index in [1.54, 1.807) is 12.1 Å². The zero-order valence-corrected chi connectivity index (χ0v) is 11.3. The highest BCUT2D eigenvalue weighted by Crippen LogP contribution is 2.27. The highest BCUT2D eigenvalue weighted by molar-refractivity contribution is 5.73. The predicted molar refractivity (Wildman–Crippen MR) is 72.2 cm³/mol. The summed E-state index contributed by atoms with van der Waals surface area (Å²) < 4.78 is 5.49. The van der Waals surface area contributed by atoms with Crippen LogP contribution >= 0.6 is 0 Å². The summed E-state index contributed by atoms with van der Waals surface area (Å²) in [5.74, 6) is 0. The Morgan fingerprint density at radius 2 is 2.11 bits per heavy atom. The average Bonchev–Trinajstić information content (AvgIpc) is 2.44. The number of nitrogens with two attached hydrogens (primary N) is 1. The molecule has 1 rings (SSSR count). The second-order valence-corrected chi connectivity index (χ2v) is 4.29. The number of likely N-dealkylation sites (N-methyl/N-ethyl adjacent to an activating group) is 1. The fourth-order valence-corrected chi connectivity index (χ4v) is 1.81. The summed E-state index contributed by atoms with van der Waals surface area (Å²) in [7, 11) is 1.51. The Labute approximate surface area is 113 Å². The van der Waals surface area contributed by atoms with E-state index < -0.39 is 11.6 Å². The lowest BCUT2D eigenvalue weighted by Crippen LogP contribution is -2.51. The van der Waals surface area contributed by atoms with Crippen molar-refractivity contribution in [3.63, 3.8) is 0 Å². The van der Waals surface area contributed by atoms with Crippen molar-refractivity contribution in [2.45, 2.75) is 18.9 Å². The Morgan fingerprint density at radius 1 is 1.47 bits per heavy atom. The number of primary amides is 1. The van der Waals surface area contributed by atoms with Crippen molar-refractivity contribution in [3.05, 3.63) is 35.9 Å². The van der Waals surface area contributed by atoms with E-state index in [9.17, 15) is 10.1 Å². The van der Waals surface area contributed by atoms with Crippen LogP contribution in [0.1, 0.15) is 18.9 Å². The first kappa shape index (κ1) is 15.0. The zero-order chi connectivity index (χ0) is 14.3. The molecule has 0 bridgehead atoms. The van der Waals surface area contributed by atoms with Gasteiger partial charge >= 0.3 is 6.03 Å². The second-order valence-electron chi connectivity index (χ2n) is 4.29. The highest BCUT2D eigenvalue weighted by Gasteiger charge is 2.39. The Bertz CT molecular complexity index is 456. The first-order valence-electron chi connectivity index (χ1n) is 6.16.